The number of carboxylic acid groups (broad SMARTS) is 1. The van der Waals surface area contributed by atoms with Crippen LogP contribution in [0.15, 0.2) is 24.3 Å². The van der Waals surface area contributed by atoms with Crippen molar-refractivity contribution in [3.8, 4) is 0 Å². The molecule has 0 aliphatic rings. The average Bonchev–Trinajstić information content (AvgIpc) is 2.80. The Labute approximate surface area is 126 Å². The van der Waals surface area contributed by atoms with Gasteiger partial charge >= 0.3 is 11.9 Å². The highest BCUT2D eigenvalue weighted by Crippen LogP contribution is 2.24. The lowest BCUT2D eigenvalue weighted by Gasteiger charge is -2.07. The van der Waals surface area contributed by atoms with E-state index in [1.54, 1.807) is 19.9 Å². The summed E-state index contributed by atoms with van der Waals surface area (Å²) >= 11 is 0. The van der Waals surface area contributed by atoms with Crippen LogP contribution in [0.5, 0.6) is 0 Å². The Bertz CT molecular complexity index is 773. The Hall–Kier alpha value is -2.89. The molecular weight excluding hydrogens is 286 g/mol. The summed E-state index contributed by atoms with van der Waals surface area (Å²) < 4.78 is 4.71. The van der Waals surface area contributed by atoms with Crippen molar-refractivity contribution in [3.05, 3.63) is 57.9 Å². The van der Waals surface area contributed by atoms with Gasteiger partial charge in [-0.05, 0) is 19.9 Å². The summed E-state index contributed by atoms with van der Waals surface area (Å²) in [7, 11) is 1.23. The number of methoxy groups -OCH3 is 1. The number of rotatable bonds is 4. The largest absolute Gasteiger partial charge is 0.478 e. The molecule has 0 atom stereocenters. The highest BCUT2D eigenvalue weighted by Gasteiger charge is 2.27. The monoisotopic (exact) mass is 301 g/mol. The van der Waals surface area contributed by atoms with Gasteiger partial charge < -0.3 is 14.8 Å². The van der Waals surface area contributed by atoms with E-state index in [-0.39, 0.29) is 22.3 Å². The van der Waals surface area contributed by atoms with E-state index >= 15 is 0 Å². The van der Waals surface area contributed by atoms with Crippen LogP contribution in [0, 0.1) is 13.8 Å². The number of hydrogen-bond acceptors (Lipinski definition) is 4. The number of ether oxygens (including phenoxy) is 1. The number of carbonyl (C=O) groups is 3. The van der Waals surface area contributed by atoms with Crippen LogP contribution in [-0.2, 0) is 4.74 Å². The number of aromatic amines is 1. The molecule has 0 saturated carbocycles. The Morgan fingerprint density at radius 1 is 1.00 bits per heavy atom. The molecular formula is C16H15NO5. The zero-order valence-electron chi connectivity index (χ0n) is 12.4. The number of nitrogens with one attached hydrogen (secondary N) is 1. The van der Waals surface area contributed by atoms with E-state index in [9.17, 15) is 19.5 Å². The second-order valence-electron chi connectivity index (χ2n) is 4.80. The summed E-state index contributed by atoms with van der Waals surface area (Å²) in [5.74, 6) is -2.37. The molecule has 0 aliphatic carbocycles. The molecule has 2 aromatic rings. The number of aryl methyl sites for hydroxylation is 2. The van der Waals surface area contributed by atoms with Crippen molar-refractivity contribution in [2.45, 2.75) is 13.8 Å². The zero-order chi connectivity index (χ0) is 16.4. The highest BCUT2D eigenvalue weighted by molar-refractivity contribution is 6.19. The van der Waals surface area contributed by atoms with Gasteiger partial charge in [0.25, 0.3) is 0 Å². The zero-order valence-corrected chi connectivity index (χ0v) is 12.4. The standard InChI is InChI=1S/C16H15NO5/c1-8-12(13(9(2)17-8)16(21)22-3)14(18)10-6-4-5-7-11(10)15(19)20/h4-7,17H,1-3H3,(H,19,20). The molecule has 0 amide bonds. The minimum absolute atomic E-state index is 0.0299. The van der Waals surface area contributed by atoms with E-state index in [1.165, 1.54) is 25.3 Å². The molecule has 2 rings (SSSR count). The van der Waals surface area contributed by atoms with Crippen LogP contribution >= 0.6 is 0 Å². The molecule has 0 bridgehead atoms. The first-order valence-electron chi connectivity index (χ1n) is 6.53. The Morgan fingerprint density at radius 3 is 2.09 bits per heavy atom. The number of carboxylic acids is 1. The maximum Gasteiger partial charge on any atom is 0.340 e. The Morgan fingerprint density at radius 2 is 1.55 bits per heavy atom. The number of ketones is 1. The fourth-order valence-corrected chi connectivity index (χ4v) is 2.42. The third kappa shape index (κ3) is 2.50. The lowest BCUT2D eigenvalue weighted by atomic mass is 9.95. The molecule has 6 nitrogen and oxygen atoms in total. The van der Waals surface area contributed by atoms with E-state index in [0.717, 1.165) is 0 Å². The molecule has 0 saturated heterocycles. The van der Waals surface area contributed by atoms with Gasteiger partial charge in [0.05, 0.1) is 23.8 Å². The second kappa shape index (κ2) is 5.85. The second-order valence-corrected chi connectivity index (χ2v) is 4.80. The van der Waals surface area contributed by atoms with E-state index < -0.39 is 17.7 Å². The first-order chi connectivity index (χ1) is 10.4. The average molecular weight is 301 g/mol. The summed E-state index contributed by atoms with van der Waals surface area (Å²) in [4.78, 5) is 38.9. The maximum atomic E-state index is 12.8. The number of esters is 1. The predicted molar refractivity (Wildman–Crippen MR) is 78.4 cm³/mol. The van der Waals surface area contributed by atoms with Crippen molar-refractivity contribution in [2.24, 2.45) is 0 Å². The van der Waals surface area contributed by atoms with E-state index in [1.807, 2.05) is 0 Å². The number of H-pyrrole nitrogens is 1. The van der Waals surface area contributed by atoms with Crippen molar-refractivity contribution >= 4 is 17.7 Å². The van der Waals surface area contributed by atoms with Crippen LogP contribution < -0.4 is 0 Å². The number of aromatic nitrogens is 1. The van der Waals surface area contributed by atoms with Crippen LogP contribution in [0.1, 0.15) is 48.0 Å². The molecule has 0 fully saturated rings. The van der Waals surface area contributed by atoms with Crippen molar-refractivity contribution < 1.29 is 24.2 Å². The molecule has 6 heteroatoms. The maximum absolute atomic E-state index is 12.8. The van der Waals surface area contributed by atoms with Gasteiger partial charge in [0.2, 0.25) is 0 Å². The van der Waals surface area contributed by atoms with Gasteiger partial charge in [0, 0.05) is 17.0 Å². The molecule has 0 radical (unpaired) electrons. The van der Waals surface area contributed by atoms with Crippen LogP contribution in [-0.4, -0.2) is 34.9 Å². The minimum Gasteiger partial charge on any atom is -0.478 e. The van der Waals surface area contributed by atoms with Crippen LogP contribution in [0.2, 0.25) is 0 Å². The molecule has 2 N–H and O–H groups in total. The van der Waals surface area contributed by atoms with Crippen molar-refractivity contribution in [1.29, 1.82) is 0 Å². The molecule has 1 aromatic carbocycles. The number of aromatic carboxylic acids is 1. The number of carbonyl (C=O) groups excluding carboxylic acids is 2. The SMILES string of the molecule is COC(=O)c1c(C)[nH]c(C)c1C(=O)c1ccccc1C(=O)O. The van der Waals surface area contributed by atoms with Crippen molar-refractivity contribution in [1.82, 2.24) is 4.98 Å². The third-order valence-electron chi connectivity index (χ3n) is 3.39. The first-order valence-corrected chi connectivity index (χ1v) is 6.53. The van der Waals surface area contributed by atoms with Gasteiger partial charge in [-0.3, -0.25) is 4.79 Å². The van der Waals surface area contributed by atoms with Crippen LogP contribution in [0.4, 0.5) is 0 Å². The van der Waals surface area contributed by atoms with Crippen molar-refractivity contribution in [2.75, 3.05) is 7.11 Å². The summed E-state index contributed by atoms with van der Waals surface area (Å²) in [6, 6.07) is 5.89. The minimum atomic E-state index is -1.20. The summed E-state index contributed by atoms with van der Waals surface area (Å²) in [6.45, 7) is 3.30. The lowest BCUT2D eigenvalue weighted by Crippen LogP contribution is -2.14. The quantitative estimate of drug-likeness (QED) is 0.667. The van der Waals surface area contributed by atoms with E-state index in [2.05, 4.69) is 4.98 Å². The van der Waals surface area contributed by atoms with Gasteiger partial charge in [-0.15, -0.1) is 0 Å². The fraction of sp³-hybridized carbons (Fsp3) is 0.188. The third-order valence-corrected chi connectivity index (χ3v) is 3.39. The molecule has 22 heavy (non-hydrogen) atoms. The smallest absolute Gasteiger partial charge is 0.340 e. The van der Waals surface area contributed by atoms with E-state index in [0.29, 0.717) is 11.4 Å². The molecule has 1 aromatic heterocycles. The fourth-order valence-electron chi connectivity index (χ4n) is 2.42. The molecule has 0 unspecified atom stereocenters. The van der Waals surface area contributed by atoms with Gasteiger partial charge in [0.15, 0.2) is 5.78 Å². The predicted octanol–water partition coefficient (Wildman–Crippen LogP) is 2.35. The Kier molecular flexibility index (Phi) is 4.12. The number of hydrogen-bond donors (Lipinski definition) is 2. The molecule has 114 valence electrons. The topological polar surface area (TPSA) is 96.5 Å². The van der Waals surface area contributed by atoms with Gasteiger partial charge in [0.1, 0.15) is 0 Å². The van der Waals surface area contributed by atoms with E-state index in [4.69, 9.17) is 4.74 Å². The van der Waals surface area contributed by atoms with Gasteiger partial charge in [-0.1, -0.05) is 18.2 Å². The normalized spacial score (nSPS) is 10.3. The summed E-state index contributed by atoms with van der Waals surface area (Å²) in [5.41, 5.74) is 1.18. The lowest BCUT2D eigenvalue weighted by molar-refractivity contribution is 0.0596. The van der Waals surface area contributed by atoms with Crippen LogP contribution in [0.25, 0.3) is 0 Å². The molecule has 0 aliphatic heterocycles. The molecule has 1 heterocycles. The highest BCUT2D eigenvalue weighted by atomic mass is 16.5. The van der Waals surface area contributed by atoms with Crippen LogP contribution in [0.3, 0.4) is 0 Å². The Balaban J connectivity index is 2.66. The van der Waals surface area contributed by atoms with Crippen molar-refractivity contribution in [3.63, 3.8) is 0 Å². The number of benzene rings is 1. The summed E-state index contributed by atoms with van der Waals surface area (Å²) in [6.07, 6.45) is 0. The van der Waals surface area contributed by atoms with Gasteiger partial charge in [-0.25, -0.2) is 9.59 Å². The molecule has 0 spiro atoms. The van der Waals surface area contributed by atoms with Gasteiger partial charge in [-0.2, -0.15) is 0 Å². The summed E-state index contributed by atoms with van der Waals surface area (Å²) in [5, 5.41) is 9.21. The first kappa shape index (κ1) is 15.5.